The molecule has 0 aliphatic heterocycles. The zero-order valence-corrected chi connectivity index (χ0v) is 12.3. The molecule has 0 fully saturated rings. The molecular weight excluding hydrogens is 299 g/mol. The summed E-state index contributed by atoms with van der Waals surface area (Å²) in [7, 11) is 1.89. The lowest BCUT2D eigenvalue weighted by Crippen LogP contribution is -2.29. The van der Waals surface area contributed by atoms with Crippen molar-refractivity contribution in [2.45, 2.75) is 25.2 Å². The second-order valence-electron chi connectivity index (χ2n) is 4.66. The van der Waals surface area contributed by atoms with Gasteiger partial charge in [-0.05, 0) is 49.0 Å². The number of alkyl halides is 3. The van der Waals surface area contributed by atoms with Crippen LogP contribution in [0.3, 0.4) is 0 Å². The second kappa shape index (κ2) is 6.95. The summed E-state index contributed by atoms with van der Waals surface area (Å²) in [5, 5.41) is 5.27. The molecule has 0 aliphatic carbocycles. The molecule has 21 heavy (non-hydrogen) atoms. The summed E-state index contributed by atoms with van der Waals surface area (Å²) >= 11 is 1.70. The van der Waals surface area contributed by atoms with Crippen molar-refractivity contribution >= 4 is 11.3 Å². The lowest BCUT2D eigenvalue weighted by atomic mass is 10.0. The van der Waals surface area contributed by atoms with Crippen molar-refractivity contribution in [1.82, 2.24) is 5.32 Å². The van der Waals surface area contributed by atoms with Crippen LogP contribution in [0.25, 0.3) is 0 Å². The molecule has 0 bridgehead atoms. The molecule has 0 radical (unpaired) electrons. The Morgan fingerprint density at radius 3 is 2.38 bits per heavy atom. The van der Waals surface area contributed by atoms with E-state index in [-0.39, 0.29) is 11.8 Å². The fourth-order valence-electron chi connectivity index (χ4n) is 2.06. The van der Waals surface area contributed by atoms with Crippen molar-refractivity contribution in [3.8, 4) is 5.75 Å². The highest BCUT2D eigenvalue weighted by molar-refractivity contribution is 7.09. The zero-order valence-electron chi connectivity index (χ0n) is 11.5. The fraction of sp³-hybridized carbons (Fsp3) is 0.333. The Morgan fingerprint density at radius 1 is 1.14 bits per heavy atom. The van der Waals surface area contributed by atoms with Gasteiger partial charge in [-0.15, -0.1) is 24.5 Å². The monoisotopic (exact) mass is 315 g/mol. The predicted molar refractivity (Wildman–Crippen MR) is 77.7 cm³/mol. The Morgan fingerprint density at radius 2 is 1.86 bits per heavy atom. The van der Waals surface area contributed by atoms with E-state index in [4.69, 9.17) is 0 Å². The van der Waals surface area contributed by atoms with Gasteiger partial charge < -0.3 is 10.1 Å². The maximum Gasteiger partial charge on any atom is 0.573 e. The predicted octanol–water partition coefficient (Wildman–Crippen LogP) is 4.02. The third kappa shape index (κ3) is 5.40. The van der Waals surface area contributed by atoms with Gasteiger partial charge in [0, 0.05) is 10.9 Å². The molecule has 1 aromatic heterocycles. The first kappa shape index (κ1) is 15.9. The van der Waals surface area contributed by atoms with Gasteiger partial charge in [-0.25, -0.2) is 0 Å². The molecule has 1 N–H and O–H groups in total. The highest BCUT2D eigenvalue weighted by Crippen LogP contribution is 2.23. The van der Waals surface area contributed by atoms with Gasteiger partial charge in [0.25, 0.3) is 0 Å². The Kier molecular flexibility index (Phi) is 5.25. The molecule has 114 valence electrons. The molecule has 1 heterocycles. The van der Waals surface area contributed by atoms with Gasteiger partial charge in [-0.3, -0.25) is 0 Å². The van der Waals surface area contributed by atoms with E-state index in [1.807, 2.05) is 18.5 Å². The van der Waals surface area contributed by atoms with Gasteiger partial charge in [-0.1, -0.05) is 18.2 Å². The SMILES string of the molecule is CNC(Cc1ccc(OC(F)(F)F)cc1)Cc1cccs1. The highest BCUT2D eigenvalue weighted by Gasteiger charge is 2.30. The molecule has 6 heteroatoms. The summed E-state index contributed by atoms with van der Waals surface area (Å²) in [5.41, 5.74) is 0.973. The van der Waals surface area contributed by atoms with E-state index in [9.17, 15) is 13.2 Å². The third-order valence-electron chi connectivity index (χ3n) is 3.07. The summed E-state index contributed by atoms with van der Waals surface area (Å²) in [6.45, 7) is 0. The highest BCUT2D eigenvalue weighted by atomic mass is 32.1. The Hall–Kier alpha value is -1.53. The summed E-state index contributed by atoms with van der Waals surface area (Å²) in [6, 6.07) is 10.4. The summed E-state index contributed by atoms with van der Waals surface area (Å²) in [6.07, 6.45) is -3.00. The van der Waals surface area contributed by atoms with Crippen molar-refractivity contribution in [2.75, 3.05) is 7.05 Å². The molecule has 0 spiro atoms. The van der Waals surface area contributed by atoms with Crippen LogP contribution in [0, 0.1) is 0 Å². The van der Waals surface area contributed by atoms with Gasteiger partial charge in [0.15, 0.2) is 0 Å². The molecule has 2 aromatic rings. The first-order valence-electron chi connectivity index (χ1n) is 6.50. The van der Waals surface area contributed by atoms with Gasteiger partial charge in [-0.2, -0.15) is 0 Å². The standard InChI is InChI=1S/C15H16F3NOS/c1-19-12(10-14-3-2-8-21-14)9-11-4-6-13(7-5-11)20-15(16,17)18/h2-8,12,19H,9-10H2,1H3. The normalized spacial score (nSPS) is 13.1. The number of nitrogens with one attached hydrogen (secondary N) is 1. The second-order valence-corrected chi connectivity index (χ2v) is 5.70. The Labute approximate surface area is 125 Å². The van der Waals surface area contributed by atoms with Crippen LogP contribution in [0.15, 0.2) is 41.8 Å². The molecule has 1 aromatic carbocycles. The molecule has 2 rings (SSSR count). The Bertz CT molecular complexity index is 537. The van der Waals surface area contributed by atoms with Crippen LogP contribution in [0.5, 0.6) is 5.75 Å². The lowest BCUT2D eigenvalue weighted by molar-refractivity contribution is -0.274. The zero-order chi connectivity index (χ0) is 15.3. The topological polar surface area (TPSA) is 21.3 Å². The number of likely N-dealkylation sites (N-methyl/N-ethyl adjacent to an activating group) is 1. The first-order valence-corrected chi connectivity index (χ1v) is 7.38. The molecule has 1 unspecified atom stereocenters. The van der Waals surface area contributed by atoms with E-state index < -0.39 is 6.36 Å². The summed E-state index contributed by atoms with van der Waals surface area (Å²) in [5.74, 6) is -0.189. The number of hydrogen-bond donors (Lipinski definition) is 1. The molecule has 0 saturated carbocycles. The van der Waals surface area contributed by atoms with Crippen molar-refractivity contribution < 1.29 is 17.9 Å². The average molecular weight is 315 g/mol. The molecule has 0 aliphatic rings. The lowest BCUT2D eigenvalue weighted by Gasteiger charge is -2.16. The third-order valence-corrected chi connectivity index (χ3v) is 3.97. The van der Waals surface area contributed by atoms with E-state index in [1.165, 1.54) is 17.0 Å². The first-order chi connectivity index (χ1) is 9.96. The van der Waals surface area contributed by atoms with Crippen LogP contribution in [-0.2, 0) is 12.8 Å². The van der Waals surface area contributed by atoms with E-state index in [1.54, 1.807) is 23.5 Å². The van der Waals surface area contributed by atoms with E-state index in [2.05, 4.69) is 16.1 Å². The maximum atomic E-state index is 12.1. The minimum Gasteiger partial charge on any atom is -0.406 e. The quantitative estimate of drug-likeness (QED) is 0.869. The molecule has 2 nitrogen and oxygen atoms in total. The fourth-order valence-corrected chi connectivity index (χ4v) is 2.85. The number of rotatable bonds is 6. The molecular formula is C15H16F3NOS. The van der Waals surface area contributed by atoms with Crippen molar-refractivity contribution in [3.05, 3.63) is 52.2 Å². The smallest absolute Gasteiger partial charge is 0.406 e. The van der Waals surface area contributed by atoms with Gasteiger partial charge in [0.2, 0.25) is 0 Å². The van der Waals surface area contributed by atoms with Crippen LogP contribution in [-0.4, -0.2) is 19.5 Å². The van der Waals surface area contributed by atoms with Gasteiger partial charge in [0.05, 0.1) is 0 Å². The van der Waals surface area contributed by atoms with E-state index >= 15 is 0 Å². The van der Waals surface area contributed by atoms with Gasteiger partial charge in [0.1, 0.15) is 5.75 Å². The minimum atomic E-state index is -4.64. The number of thiophene rings is 1. The number of halogens is 3. The Balaban J connectivity index is 1.95. The minimum absolute atomic E-state index is 0.189. The van der Waals surface area contributed by atoms with Crippen molar-refractivity contribution in [2.24, 2.45) is 0 Å². The van der Waals surface area contributed by atoms with Crippen LogP contribution < -0.4 is 10.1 Å². The molecule has 0 saturated heterocycles. The number of ether oxygens (including phenoxy) is 1. The van der Waals surface area contributed by atoms with E-state index in [0.29, 0.717) is 0 Å². The van der Waals surface area contributed by atoms with Crippen LogP contribution in [0.2, 0.25) is 0 Å². The number of hydrogen-bond acceptors (Lipinski definition) is 3. The van der Waals surface area contributed by atoms with E-state index in [0.717, 1.165) is 18.4 Å². The van der Waals surface area contributed by atoms with Crippen LogP contribution in [0.1, 0.15) is 10.4 Å². The van der Waals surface area contributed by atoms with Gasteiger partial charge >= 0.3 is 6.36 Å². The number of benzene rings is 1. The summed E-state index contributed by atoms with van der Waals surface area (Å²) < 4.78 is 40.1. The van der Waals surface area contributed by atoms with Crippen molar-refractivity contribution in [3.63, 3.8) is 0 Å². The van der Waals surface area contributed by atoms with Crippen LogP contribution in [0.4, 0.5) is 13.2 Å². The maximum absolute atomic E-state index is 12.1. The average Bonchev–Trinajstić information content (AvgIpc) is 2.91. The largest absolute Gasteiger partial charge is 0.573 e. The van der Waals surface area contributed by atoms with Crippen LogP contribution >= 0.6 is 11.3 Å². The van der Waals surface area contributed by atoms with Crippen molar-refractivity contribution in [1.29, 1.82) is 0 Å². The molecule has 1 atom stereocenters. The molecule has 0 amide bonds. The summed E-state index contributed by atoms with van der Waals surface area (Å²) in [4.78, 5) is 1.28.